The van der Waals surface area contributed by atoms with Gasteiger partial charge in [-0.3, -0.25) is 0 Å². The average molecular weight is 816 g/mol. The molecule has 5 heteroatoms. The van der Waals surface area contributed by atoms with Crippen LogP contribution in [0, 0.1) is 11.3 Å². The van der Waals surface area contributed by atoms with Crippen molar-refractivity contribution < 1.29 is 0 Å². The summed E-state index contributed by atoms with van der Waals surface area (Å²) in [6.07, 6.45) is 0. The molecule has 0 aliphatic heterocycles. The normalized spacial score (nSPS) is 11.4. The first-order chi connectivity index (χ1) is 31.7. The Kier molecular flexibility index (Phi) is 8.81. The van der Waals surface area contributed by atoms with Crippen LogP contribution in [0.5, 0.6) is 0 Å². The minimum absolute atomic E-state index is 0.611. The van der Waals surface area contributed by atoms with E-state index in [-0.39, 0.29) is 0 Å². The van der Waals surface area contributed by atoms with Crippen LogP contribution < -0.4 is 0 Å². The molecule has 0 saturated carbocycles. The van der Waals surface area contributed by atoms with Gasteiger partial charge >= 0.3 is 0 Å². The lowest BCUT2D eigenvalue weighted by molar-refractivity contribution is 1.16. The van der Waals surface area contributed by atoms with Crippen molar-refractivity contribution in [3.8, 4) is 73.6 Å². The van der Waals surface area contributed by atoms with E-state index in [0.29, 0.717) is 11.4 Å². The molecule has 12 aromatic rings. The summed E-state index contributed by atoms with van der Waals surface area (Å²) < 4.78 is 4.75. The van der Waals surface area contributed by atoms with Gasteiger partial charge in [0.2, 0.25) is 0 Å². The van der Waals surface area contributed by atoms with Crippen LogP contribution in [0.15, 0.2) is 224 Å². The van der Waals surface area contributed by atoms with Crippen LogP contribution in [0.3, 0.4) is 0 Å². The van der Waals surface area contributed by atoms with Crippen LogP contribution in [0.4, 0.5) is 0 Å². The van der Waals surface area contributed by atoms with E-state index < -0.39 is 0 Å². The molecule has 3 aromatic heterocycles. The molecule has 64 heavy (non-hydrogen) atoms. The molecule has 0 unspecified atom stereocenters. The number of para-hydroxylation sites is 2. The molecule has 0 fully saturated rings. The zero-order chi connectivity index (χ0) is 42.6. The van der Waals surface area contributed by atoms with Crippen LogP contribution in [0.1, 0.15) is 5.56 Å². The van der Waals surface area contributed by atoms with Crippen molar-refractivity contribution in [2.24, 2.45) is 0 Å². The Hall–Kier alpha value is -8.85. The quantitative estimate of drug-likeness (QED) is 0.161. The molecular weight excluding hydrogens is 779 g/mol. The summed E-state index contributed by atoms with van der Waals surface area (Å²) in [5.41, 5.74) is 15.8. The highest BCUT2D eigenvalue weighted by atomic mass is 15.0. The van der Waals surface area contributed by atoms with Gasteiger partial charge in [-0.25, -0.2) is 9.97 Å². The maximum atomic E-state index is 10.3. The van der Waals surface area contributed by atoms with Gasteiger partial charge in [0.05, 0.1) is 50.8 Å². The van der Waals surface area contributed by atoms with E-state index in [1.807, 2.05) is 48.5 Å². The van der Waals surface area contributed by atoms with E-state index in [2.05, 4.69) is 191 Å². The SMILES string of the molecule is N#Cc1ccc2c(c1)c1cc(-n3c4ccccc4c4ccccc43)ccc1n2-c1c(-c2ccccc2)cc(-c2nc(-c3ccccc3)cc(-c3ccccc3)n2)cc1-c1ccccc1. The first-order valence-electron chi connectivity index (χ1n) is 21.5. The molecule has 3 heterocycles. The Bertz CT molecular complexity index is 3600. The van der Waals surface area contributed by atoms with Crippen LogP contribution >= 0.6 is 0 Å². The van der Waals surface area contributed by atoms with Crippen LogP contribution in [-0.2, 0) is 0 Å². The van der Waals surface area contributed by atoms with E-state index in [1.54, 1.807) is 0 Å². The molecular formula is C59H37N5. The molecule has 0 atom stereocenters. The smallest absolute Gasteiger partial charge is 0.160 e. The Morgan fingerprint density at radius 3 is 1.30 bits per heavy atom. The largest absolute Gasteiger partial charge is 0.309 e. The van der Waals surface area contributed by atoms with Crippen molar-refractivity contribution in [2.45, 2.75) is 0 Å². The number of rotatable bonds is 7. The zero-order valence-electron chi connectivity index (χ0n) is 34.6. The highest BCUT2D eigenvalue weighted by Crippen LogP contribution is 2.45. The number of fused-ring (bicyclic) bond motifs is 6. The van der Waals surface area contributed by atoms with Gasteiger partial charge in [-0.2, -0.15) is 5.26 Å². The predicted octanol–water partition coefficient (Wildman–Crippen LogP) is 14.9. The Labute approximate surface area is 370 Å². The minimum atomic E-state index is 0.611. The fraction of sp³-hybridized carbons (Fsp3) is 0. The monoisotopic (exact) mass is 815 g/mol. The van der Waals surface area contributed by atoms with Gasteiger partial charge in [-0.15, -0.1) is 0 Å². The van der Waals surface area contributed by atoms with Gasteiger partial charge in [0.25, 0.3) is 0 Å². The topological polar surface area (TPSA) is 59.4 Å². The third kappa shape index (κ3) is 6.16. The van der Waals surface area contributed by atoms with Gasteiger partial charge in [-0.05, 0) is 77.9 Å². The average Bonchev–Trinajstić information content (AvgIpc) is 3.88. The number of benzene rings is 9. The lowest BCUT2D eigenvalue weighted by Gasteiger charge is -2.21. The molecule has 0 N–H and O–H groups in total. The summed E-state index contributed by atoms with van der Waals surface area (Å²) >= 11 is 0. The fourth-order valence-corrected chi connectivity index (χ4v) is 9.43. The number of hydrogen-bond acceptors (Lipinski definition) is 3. The molecule has 9 aromatic carbocycles. The fourth-order valence-electron chi connectivity index (χ4n) is 9.43. The Balaban J connectivity index is 1.17. The van der Waals surface area contributed by atoms with Crippen molar-refractivity contribution in [1.82, 2.24) is 19.1 Å². The standard InChI is InChI=1S/C59H37N5/c60-38-39-29-31-56-50(33-39)51-36-45(63-54-27-15-13-25-46(54)47-26-14-16-28-55(47)63)30-32-57(51)64(56)58-48(40-17-5-1-6-18-40)34-44(35-49(58)41-19-7-2-8-20-41)59-61-52(42-21-9-3-10-22-42)37-53(62-59)43-23-11-4-12-24-43/h1-37H. The van der Waals surface area contributed by atoms with Crippen LogP contribution in [0.2, 0.25) is 0 Å². The molecule has 298 valence electrons. The first-order valence-corrected chi connectivity index (χ1v) is 21.5. The predicted molar refractivity (Wildman–Crippen MR) is 263 cm³/mol. The van der Waals surface area contributed by atoms with Crippen molar-refractivity contribution in [2.75, 3.05) is 0 Å². The van der Waals surface area contributed by atoms with Crippen LogP contribution in [0.25, 0.3) is 111 Å². The second-order valence-corrected chi connectivity index (χ2v) is 16.1. The van der Waals surface area contributed by atoms with Gasteiger partial charge in [-0.1, -0.05) is 158 Å². The van der Waals surface area contributed by atoms with Crippen molar-refractivity contribution in [3.05, 3.63) is 230 Å². The van der Waals surface area contributed by atoms with Gasteiger partial charge in [0, 0.05) is 55.0 Å². The van der Waals surface area contributed by atoms with E-state index in [9.17, 15) is 5.26 Å². The third-order valence-corrected chi connectivity index (χ3v) is 12.3. The third-order valence-electron chi connectivity index (χ3n) is 12.3. The minimum Gasteiger partial charge on any atom is -0.309 e. The van der Waals surface area contributed by atoms with Gasteiger partial charge < -0.3 is 9.13 Å². The Morgan fingerprint density at radius 2 is 0.781 bits per heavy atom. The van der Waals surface area contributed by atoms with Crippen molar-refractivity contribution in [1.29, 1.82) is 5.26 Å². The maximum absolute atomic E-state index is 10.3. The number of nitriles is 1. The van der Waals surface area contributed by atoms with E-state index in [1.165, 1.54) is 10.8 Å². The molecule has 0 saturated heterocycles. The molecule has 0 bridgehead atoms. The van der Waals surface area contributed by atoms with Crippen molar-refractivity contribution in [3.63, 3.8) is 0 Å². The molecule has 0 spiro atoms. The van der Waals surface area contributed by atoms with E-state index in [0.717, 1.165) is 94.5 Å². The van der Waals surface area contributed by atoms with E-state index in [4.69, 9.17) is 9.97 Å². The second kappa shape index (κ2) is 15.3. The summed E-state index contributed by atoms with van der Waals surface area (Å²) in [7, 11) is 0. The lowest BCUT2D eigenvalue weighted by Crippen LogP contribution is -2.03. The second-order valence-electron chi connectivity index (χ2n) is 16.1. The summed E-state index contributed by atoms with van der Waals surface area (Å²) in [4.78, 5) is 10.6. The number of nitrogens with zero attached hydrogens (tertiary/aromatic N) is 5. The molecule has 12 rings (SSSR count). The van der Waals surface area contributed by atoms with E-state index >= 15 is 0 Å². The summed E-state index contributed by atoms with van der Waals surface area (Å²) in [6, 6.07) is 80.9. The molecule has 0 radical (unpaired) electrons. The highest BCUT2D eigenvalue weighted by Gasteiger charge is 2.24. The summed E-state index contributed by atoms with van der Waals surface area (Å²) in [5.74, 6) is 0.637. The Morgan fingerprint density at radius 1 is 0.344 bits per heavy atom. The molecule has 0 aliphatic rings. The van der Waals surface area contributed by atoms with Crippen molar-refractivity contribution >= 4 is 43.6 Å². The van der Waals surface area contributed by atoms with Gasteiger partial charge in [0.15, 0.2) is 5.82 Å². The highest BCUT2D eigenvalue weighted by molar-refractivity contribution is 6.13. The zero-order valence-corrected chi connectivity index (χ0v) is 34.6. The van der Waals surface area contributed by atoms with Crippen LogP contribution in [-0.4, -0.2) is 19.1 Å². The summed E-state index contributed by atoms with van der Waals surface area (Å²) in [5, 5.41) is 14.8. The first kappa shape index (κ1) is 37.0. The molecule has 5 nitrogen and oxygen atoms in total. The maximum Gasteiger partial charge on any atom is 0.160 e. The summed E-state index contributed by atoms with van der Waals surface area (Å²) in [6.45, 7) is 0. The van der Waals surface area contributed by atoms with Gasteiger partial charge in [0.1, 0.15) is 0 Å². The molecule has 0 aliphatic carbocycles. The number of hydrogen-bond donors (Lipinski definition) is 0. The number of aromatic nitrogens is 4. The molecule has 0 amide bonds. The lowest BCUT2D eigenvalue weighted by atomic mass is 9.92.